The van der Waals surface area contributed by atoms with Gasteiger partial charge in [0.05, 0.1) is 6.10 Å². The van der Waals surface area contributed by atoms with Crippen molar-refractivity contribution in [2.45, 2.75) is 65.4 Å². The van der Waals surface area contributed by atoms with E-state index in [0.717, 1.165) is 18.8 Å². The fraction of sp³-hybridized carbons (Fsp3) is 1.00. The van der Waals surface area contributed by atoms with Gasteiger partial charge in [-0.25, -0.2) is 0 Å². The molecular weight excluding hydrogens is 160 g/mol. The minimum Gasteiger partial charge on any atom is -0.393 e. The third-order valence-electron chi connectivity index (χ3n) is 2.93. The second-order valence-corrected chi connectivity index (χ2v) is 5.80. The summed E-state index contributed by atoms with van der Waals surface area (Å²) < 4.78 is 0. The molecule has 0 saturated heterocycles. The smallest absolute Gasteiger partial charge is 0.0547 e. The van der Waals surface area contributed by atoms with Gasteiger partial charge in [-0.1, -0.05) is 46.5 Å². The lowest BCUT2D eigenvalue weighted by Gasteiger charge is -2.24. The standard InChI is InChI=1S/C12H24O/c1-12(2,3)9-11(13)8-10-6-4-5-7-10/h10-11,13H,4-9H2,1-3H3. The van der Waals surface area contributed by atoms with Crippen LogP contribution in [0.4, 0.5) is 0 Å². The highest BCUT2D eigenvalue weighted by Gasteiger charge is 2.22. The first-order chi connectivity index (χ1) is 5.97. The van der Waals surface area contributed by atoms with Crippen LogP contribution in [0, 0.1) is 11.3 Å². The lowest BCUT2D eigenvalue weighted by atomic mass is 9.86. The molecule has 0 heterocycles. The van der Waals surface area contributed by atoms with Gasteiger partial charge in [0.25, 0.3) is 0 Å². The van der Waals surface area contributed by atoms with E-state index in [9.17, 15) is 5.11 Å². The molecule has 0 amide bonds. The van der Waals surface area contributed by atoms with Gasteiger partial charge < -0.3 is 5.11 Å². The summed E-state index contributed by atoms with van der Waals surface area (Å²) in [4.78, 5) is 0. The minimum atomic E-state index is -0.0666. The van der Waals surface area contributed by atoms with Gasteiger partial charge in [-0.2, -0.15) is 0 Å². The van der Waals surface area contributed by atoms with Gasteiger partial charge in [0.15, 0.2) is 0 Å². The van der Waals surface area contributed by atoms with Crippen LogP contribution in [0.15, 0.2) is 0 Å². The maximum absolute atomic E-state index is 9.85. The van der Waals surface area contributed by atoms with Crippen molar-refractivity contribution >= 4 is 0 Å². The van der Waals surface area contributed by atoms with Gasteiger partial charge in [0.2, 0.25) is 0 Å². The maximum atomic E-state index is 9.85. The first-order valence-electron chi connectivity index (χ1n) is 5.65. The van der Waals surface area contributed by atoms with E-state index in [2.05, 4.69) is 20.8 Å². The third-order valence-corrected chi connectivity index (χ3v) is 2.93. The van der Waals surface area contributed by atoms with E-state index in [1.54, 1.807) is 0 Å². The van der Waals surface area contributed by atoms with Crippen LogP contribution >= 0.6 is 0 Å². The molecule has 1 rings (SSSR count). The molecule has 13 heavy (non-hydrogen) atoms. The number of hydrogen-bond acceptors (Lipinski definition) is 1. The molecule has 1 aliphatic rings. The summed E-state index contributed by atoms with van der Waals surface area (Å²) >= 11 is 0. The summed E-state index contributed by atoms with van der Waals surface area (Å²) in [6, 6.07) is 0. The van der Waals surface area contributed by atoms with Crippen LogP contribution < -0.4 is 0 Å². The van der Waals surface area contributed by atoms with E-state index in [1.165, 1.54) is 25.7 Å². The summed E-state index contributed by atoms with van der Waals surface area (Å²) in [5.74, 6) is 0.817. The second kappa shape index (κ2) is 4.45. The fourth-order valence-corrected chi connectivity index (χ4v) is 2.42. The van der Waals surface area contributed by atoms with Crippen molar-refractivity contribution in [3.63, 3.8) is 0 Å². The Labute approximate surface area is 82.5 Å². The number of aliphatic hydroxyl groups is 1. The molecule has 1 aliphatic carbocycles. The van der Waals surface area contributed by atoms with Crippen molar-refractivity contribution in [2.75, 3.05) is 0 Å². The Hall–Kier alpha value is -0.0400. The van der Waals surface area contributed by atoms with Crippen LogP contribution in [0.2, 0.25) is 0 Å². The molecule has 1 fully saturated rings. The van der Waals surface area contributed by atoms with Gasteiger partial charge in [-0.05, 0) is 24.2 Å². The van der Waals surface area contributed by atoms with Gasteiger partial charge >= 0.3 is 0 Å². The molecule has 0 aliphatic heterocycles. The van der Waals surface area contributed by atoms with Crippen LogP contribution in [0.5, 0.6) is 0 Å². The molecule has 1 saturated carbocycles. The Morgan fingerprint density at radius 3 is 2.23 bits per heavy atom. The molecule has 78 valence electrons. The SMILES string of the molecule is CC(C)(C)CC(O)CC1CCCC1. The van der Waals surface area contributed by atoms with Crippen molar-refractivity contribution in [3.05, 3.63) is 0 Å². The first kappa shape index (κ1) is 11.0. The molecule has 0 radical (unpaired) electrons. The summed E-state index contributed by atoms with van der Waals surface area (Å²) in [6.07, 6.45) is 7.38. The highest BCUT2D eigenvalue weighted by molar-refractivity contribution is 4.74. The molecule has 1 N–H and O–H groups in total. The van der Waals surface area contributed by atoms with Crippen molar-refractivity contribution in [3.8, 4) is 0 Å². The average Bonchev–Trinajstić information content (AvgIpc) is 2.34. The van der Waals surface area contributed by atoms with Crippen LogP contribution in [0.1, 0.15) is 59.3 Å². The van der Waals surface area contributed by atoms with E-state index in [4.69, 9.17) is 0 Å². The lowest BCUT2D eigenvalue weighted by Crippen LogP contribution is -2.19. The summed E-state index contributed by atoms with van der Waals surface area (Å²) in [5, 5.41) is 9.85. The first-order valence-corrected chi connectivity index (χ1v) is 5.65. The van der Waals surface area contributed by atoms with Gasteiger partial charge in [0, 0.05) is 0 Å². The number of rotatable bonds is 3. The van der Waals surface area contributed by atoms with Crippen molar-refractivity contribution in [2.24, 2.45) is 11.3 Å². The Morgan fingerprint density at radius 2 is 1.77 bits per heavy atom. The van der Waals surface area contributed by atoms with Crippen LogP contribution in [0.25, 0.3) is 0 Å². The predicted molar refractivity (Wildman–Crippen MR) is 56.7 cm³/mol. The Bertz CT molecular complexity index is 140. The maximum Gasteiger partial charge on any atom is 0.0547 e. The molecule has 0 bridgehead atoms. The Balaban J connectivity index is 2.20. The normalized spacial score (nSPS) is 22.2. The van der Waals surface area contributed by atoms with Gasteiger partial charge in [-0.3, -0.25) is 0 Å². The second-order valence-electron chi connectivity index (χ2n) is 5.80. The summed E-state index contributed by atoms with van der Waals surface area (Å²) in [7, 11) is 0. The molecule has 0 aromatic heterocycles. The van der Waals surface area contributed by atoms with Gasteiger partial charge in [0.1, 0.15) is 0 Å². The summed E-state index contributed by atoms with van der Waals surface area (Å²) in [6.45, 7) is 6.60. The molecule has 1 atom stereocenters. The van der Waals surface area contributed by atoms with E-state index in [1.807, 2.05) is 0 Å². The summed E-state index contributed by atoms with van der Waals surface area (Å²) in [5.41, 5.74) is 0.276. The number of aliphatic hydroxyl groups excluding tert-OH is 1. The average molecular weight is 184 g/mol. The van der Waals surface area contributed by atoms with Crippen LogP contribution in [-0.2, 0) is 0 Å². The lowest BCUT2D eigenvalue weighted by molar-refractivity contribution is 0.0968. The van der Waals surface area contributed by atoms with E-state index in [0.29, 0.717) is 0 Å². The fourth-order valence-electron chi connectivity index (χ4n) is 2.42. The number of hydrogen-bond donors (Lipinski definition) is 1. The minimum absolute atomic E-state index is 0.0666. The van der Waals surface area contributed by atoms with E-state index >= 15 is 0 Å². The molecule has 1 nitrogen and oxygen atoms in total. The van der Waals surface area contributed by atoms with Crippen LogP contribution in [-0.4, -0.2) is 11.2 Å². The molecule has 1 unspecified atom stereocenters. The van der Waals surface area contributed by atoms with Gasteiger partial charge in [-0.15, -0.1) is 0 Å². The zero-order chi connectivity index (χ0) is 9.90. The molecule has 0 aromatic rings. The van der Waals surface area contributed by atoms with Crippen molar-refractivity contribution in [1.29, 1.82) is 0 Å². The molecular formula is C12H24O. The Morgan fingerprint density at radius 1 is 1.23 bits per heavy atom. The zero-order valence-electron chi connectivity index (χ0n) is 9.34. The monoisotopic (exact) mass is 184 g/mol. The highest BCUT2D eigenvalue weighted by atomic mass is 16.3. The van der Waals surface area contributed by atoms with E-state index in [-0.39, 0.29) is 11.5 Å². The largest absolute Gasteiger partial charge is 0.393 e. The topological polar surface area (TPSA) is 20.2 Å². The van der Waals surface area contributed by atoms with Crippen LogP contribution in [0.3, 0.4) is 0 Å². The molecule has 1 heteroatoms. The molecule has 0 aromatic carbocycles. The van der Waals surface area contributed by atoms with Crippen molar-refractivity contribution in [1.82, 2.24) is 0 Å². The quantitative estimate of drug-likeness (QED) is 0.713. The predicted octanol–water partition coefficient (Wildman–Crippen LogP) is 3.36. The zero-order valence-corrected chi connectivity index (χ0v) is 9.34. The van der Waals surface area contributed by atoms with Crippen molar-refractivity contribution < 1.29 is 5.11 Å². The highest BCUT2D eigenvalue weighted by Crippen LogP contribution is 2.31. The Kier molecular flexibility index (Phi) is 3.78. The molecule has 0 spiro atoms. The third kappa shape index (κ3) is 4.66. The van der Waals surface area contributed by atoms with E-state index < -0.39 is 0 Å².